The number of pyridine rings is 1. The summed E-state index contributed by atoms with van der Waals surface area (Å²) in [7, 11) is 1.78. The fourth-order valence-corrected chi connectivity index (χ4v) is 1.70. The highest BCUT2D eigenvalue weighted by Crippen LogP contribution is 2.20. The predicted octanol–water partition coefficient (Wildman–Crippen LogP) is 1.95. The number of hydrogen-bond acceptors (Lipinski definition) is 2. The van der Waals surface area contributed by atoms with Crippen LogP contribution in [0.1, 0.15) is 13.8 Å². The number of anilines is 1. The molecule has 0 saturated heterocycles. The number of amides is 1. The minimum atomic E-state index is -0.0137. The van der Waals surface area contributed by atoms with Gasteiger partial charge in [0.1, 0.15) is 0 Å². The molecule has 2 aromatic heterocycles. The van der Waals surface area contributed by atoms with Crippen molar-refractivity contribution >= 4 is 17.2 Å². The van der Waals surface area contributed by atoms with Crippen LogP contribution in [0.5, 0.6) is 0 Å². The lowest BCUT2D eigenvalue weighted by molar-refractivity contribution is -0.121. The van der Waals surface area contributed by atoms with Gasteiger partial charge in [0.15, 0.2) is 5.65 Å². The highest BCUT2D eigenvalue weighted by atomic mass is 16.2. The third kappa shape index (κ3) is 1.66. The molecule has 0 N–H and O–H groups in total. The monoisotopic (exact) mass is 217 g/mol. The van der Waals surface area contributed by atoms with E-state index in [1.807, 2.05) is 42.8 Å². The average Bonchev–Trinajstić information content (AvgIpc) is 2.74. The Hall–Kier alpha value is -1.84. The lowest BCUT2D eigenvalue weighted by atomic mass is 10.2. The first kappa shape index (κ1) is 10.7. The number of carbonyl (C=O) groups is 1. The van der Waals surface area contributed by atoms with Crippen LogP contribution in [-0.2, 0) is 4.79 Å². The molecule has 0 atom stereocenters. The Morgan fingerprint density at radius 2 is 2.19 bits per heavy atom. The first-order chi connectivity index (χ1) is 7.61. The number of carbonyl (C=O) groups excluding carboxylic acids is 1. The second kappa shape index (κ2) is 3.96. The lowest BCUT2D eigenvalue weighted by Gasteiger charge is -2.19. The van der Waals surface area contributed by atoms with Gasteiger partial charge < -0.3 is 9.30 Å². The van der Waals surface area contributed by atoms with Gasteiger partial charge in [-0.15, -0.1) is 0 Å². The maximum Gasteiger partial charge on any atom is 0.229 e. The molecule has 0 aliphatic rings. The first-order valence-electron chi connectivity index (χ1n) is 5.30. The largest absolute Gasteiger partial charge is 0.312 e. The van der Waals surface area contributed by atoms with Crippen molar-refractivity contribution in [3.63, 3.8) is 0 Å². The summed E-state index contributed by atoms with van der Waals surface area (Å²) in [6.07, 6.45) is 5.51. The maximum absolute atomic E-state index is 11.9. The van der Waals surface area contributed by atoms with Crippen molar-refractivity contribution in [2.24, 2.45) is 5.92 Å². The summed E-state index contributed by atoms with van der Waals surface area (Å²) >= 11 is 0. The average molecular weight is 217 g/mol. The van der Waals surface area contributed by atoms with Gasteiger partial charge in [0.05, 0.1) is 5.69 Å². The Kier molecular flexibility index (Phi) is 2.64. The van der Waals surface area contributed by atoms with E-state index in [1.54, 1.807) is 18.1 Å². The zero-order chi connectivity index (χ0) is 11.7. The summed E-state index contributed by atoms with van der Waals surface area (Å²) in [6, 6.07) is 3.82. The van der Waals surface area contributed by atoms with E-state index in [0.717, 1.165) is 11.3 Å². The summed E-state index contributed by atoms with van der Waals surface area (Å²) in [5, 5.41) is 0. The minimum absolute atomic E-state index is 0.0137. The summed E-state index contributed by atoms with van der Waals surface area (Å²) in [6.45, 7) is 3.79. The van der Waals surface area contributed by atoms with E-state index in [1.165, 1.54) is 0 Å². The third-order valence-electron chi connectivity index (χ3n) is 2.58. The van der Waals surface area contributed by atoms with Crippen molar-refractivity contribution < 1.29 is 4.79 Å². The predicted molar refractivity (Wildman–Crippen MR) is 63.4 cm³/mol. The Bertz CT molecular complexity index is 516. The van der Waals surface area contributed by atoms with Crippen molar-refractivity contribution in [3.8, 4) is 0 Å². The number of fused-ring (bicyclic) bond motifs is 1. The van der Waals surface area contributed by atoms with Gasteiger partial charge in [0.25, 0.3) is 0 Å². The van der Waals surface area contributed by atoms with Crippen LogP contribution in [0.25, 0.3) is 5.65 Å². The molecule has 1 amide bonds. The number of hydrogen-bond donors (Lipinski definition) is 0. The molecule has 84 valence electrons. The molecule has 0 aliphatic heterocycles. The molecule has 0 unspecified atom stereocenters. The van der Waals surface area contributed by atoms with Crippen LogP contribution in [-0.4, -0.2) is 22.3 Å². The number of aromatic nitrogens is 2. The zero-order valence-corrected chi connectivity index (χ0v) is 9.71. The quantitative estimate of drug-likeness (QED) is 0.771. The van der Waals surface area contributed by atoms with Crippen LogP contribution in [0, 0.1) is 5.92 Å². The van der Waals surface area contributed by atoms with E-state index in [-0.39, 0.29) is 11.8 Å². The summed E-state index contributed by atoms with van der Waals surface area (Å²) in [4.78, 5) is 17.8. The molecule has 0 spiro atoms. The summed E-state index contributed by atoms with van der Waals surface area (Å²) in [5.74, 6) is 0.0799. The van der Waals surface area contributed by atoms with Gasteiger partial charge in [-0.1, -0.05) is 13.8 Å². The maximum atomic E-state index is 11.9. The van der Waals surface area contributed by atoms with E-state index in [2.05, 4.69) is 4.98 Å². The Morgan fingerprint density at radius 3 is 2.88 bits per heavy atom. The second-order valence-electron chi connectivity index (χ2n) is 4.10. The highest BCUT2D eigenvalue weighted by molar-refractivity contribution is 5.97. The SMILES string of the molecule is CC(C)C(=O)N(C)c1cccn2ccnc12. The molecule has 0 radical (unpaired) electrons. The van der Waals surface area contributed by atoms with Gasteiger partial charge in [-0.25, -0.2) is 4.98 Å². The lowest BCUT2D eigenvalue weighted by Crippen LogP contribution is -2.30. The van der Waals surface area contributed by atoms with Crippen LogP contribution in [0.15, 0.2) is 30.7 Å². The van der Waals surface area contributed by atoms with Crippen molar-refractivity contribution in [3.05, 3.63) is 30.7 Å². The molecule has 2 rings (SSSR count). The second-order valence-corrected chi connectivity index (χ2v) is 4.10. The molecule has 2 heterocycles. The van der Waals surface area contributed by atoms with Crippen LogP contribution in [0.2, 0.25) is 0 Å². The Labute approximate surface area is 94.5 Å². The molecule has 0 bridgehead atoms. The summed E-state index contributed by atoms with van der Waals surface area (Å²) < 4.78 is 1.90. The minimum Gasteiger partial charge on any atom is -0.312 e. The van der Waals surface area contributed by atoms with E-state index >= 15 is 0 Å². The number of imidazole rings is 1. The molecular weight excluding hydrogens is 202 g/mol. The van der Waals surface area contributed by atoms with Crippen LogP contribution < -0.4 is 4.90 Å². The van der Waals surface area contributed by atoms with E-state index in [9.17, 15) is 4.79 Å². The van der Waals surface area contributed by atoms with Gasteiger partial charge in [-0.3, -0.25) is 4.79 Å². The molecular formula is C12H15N3O. The van der Waals surface area contributed by atoms with Gasteiger partial charge in [-0.2, -0.15) is 0 Å². The molecule has 0 saturated carbocycles. The van der Waals surface area contributed by atoms with Crippen molar-refractivity contribution in [2.75, 3.05) is 11.9 Å². The number of rotatable bonds is 2. The van der Waals surface area contributed by atoms with Crippen molar-refractivity contribution in [1.82, 2.24) is 9.38 Å². The molecule has 0 fully saturated rings. The van der Waals surface area contributed by atoms with Gasteiger partial charge in [-0.05, 0) is 12.1 Å². The first-order valence-corrected chi connectivity index (χ1v) is 5.30. The molecule has 4 nitrogen and oxygen atoms in total. The fourth-order valence-electron chi connectivity index (χ4n) is 1.70. The van der Waals surface area contributed by atoms with Crippen LogP contribution in [0.4, 0.5) is 5.69 Å². The zero-order valence-electron chi connectivity index (χ0n) is 9.71. The van der Waals surface area contributed by atoms with Crippen LogP contribution >= 0.6 is 0 Å². The van der Waals surface area contributed by atoms with Crippen molar-refractivity contribution in [2.45, 2.75) is 13.8 Å². The van der Waals surface area contributed by atoms with Crippen LogP contribution in [0.3, 0.4) is 0 Å². The van der Waals surface area contributed by atoms with Gasteiger partial charge in [0.2, 0.25) is 5.91 Å². The Balaban J connectivity index is 2.47. The fraction of sp³-hybridized carbons (Fsp3) is 0.333. The van der Waals surface area contributed by atoms with Gasteiger partial charge in [0, 0.05) is 31.6 Å². The third-order valence-corrected chi connectivity index (χ3v) is 2.58. The smallest absolute Gasteiger partial charge is 0.229 e. The molecule has 0 aliphatic carbocycles. The number of nitrogens with zero attached hydrogens (tertiary/aromatic N) is 3. The van der Waals surface area contributed by atoms with E-state index < -0.39 is 0 Å². The standard InChI is InChI=1S/C12H15N3O/c1-9(2)12(16)14(3)10-5-4-7-15-8-6-13-11(10)15/h4-9H,1-3H3. The van der Waals surface area contributed by atoms with E-state index in [4.69, 9.17) is 0 Å². The molecule has 2 aromatic rings. The molecule has 16 heavy (non-hydrogen) atoms. The summed E-state index contributed by atoms with van der Waals surface area (Å²) in [5.41, 5.74) is 1.64. The van der Waals surface area contributed by atoms with E-state index in [0.29, 0.717) is 0 Å². The normalized spacial score (nSPS) is 11.0. The van der Waals surface area contributed by atoms with Gasteiger partial charge >= 0.3 is 0 Å². The Morgan fingerprint density at radius 1 is 1.44 bits per heavy atom. The van der Waals surface area contributed by atoms with Crippen molar-refractivity contribution in [1.29, 1.82) is 0 Å². The highest BCUT2D eigenvalue weighted by Gasteiger charge is 2.17. The molecule has 4 heteroatoms. The molecule has 0 aromatic carbocycles. The topological polar surface area (TPSA) is 37.6 Å².